The van der Waals surface area contributed by atoms with E-state index in [0.717, 1.165) is 0 Å². The van der Waals surface area contributed by atoms with Crippen LogP contribution in [0.5, 0.6) is 0 Å². The monoisotopic (exact) mass is 223 g/mol. The van der Waals surface area contributed by atoms with Crippen molar-refractivity contribution < 1.29 is 14.5 Å². The second kappa shape index (κ2) is 3.56. The molecule has 0 aliphatic heterocycles. The van der Waals surface area contributed by atoms with E-state index in [-0.39, 0.29) is 17.2 Å². The van der Waals surface area contributed by atoms with Gasteiger partial charge in [-0.05, 0) is 11.3 Å². The van der Waals surface area contributed by atoms with Crippen molar-refractivity contribution in [2.45, 2.75) is 0 Å². The molecule has 3 heteroatoms. The fraction of sp³-hybridized carbons (Fsp3) is 0. The van der Waals surface area contributed by atoms with Crippen LogP contribution in [-0.2, 0) is 0 Å². The number of ketones is 1. The molecule has 0 atom stereocenters. The first kappa shape index (κ1) is 9.78. The highest BCUT2D eigenvalue weighted by atomic mass is 16.3. The Labute approximate surface area is 98.3 Å². The average Bonchev–Trinajstić information content (AvgIpc) is 2.64. The van der Waals surface area contributed by atoms with Crippen LogP contribution in [0.4, 0.5) is 0 Å². The minimum absolute atomic E-state index is 0.201. The molecule has 17 heavy (non-hydrogen) atoms. The summed E-state index contributed by atoms with van der Waals surface area (Å²) in [5.41, 5.74) is 1.18. The van der Waals surface area contributed by atoms with Crippen LogP contribution >= 0.6 is 0 Å². The van der Waals surface area contributed by atoms with Crippen molar-refractivity contribution in [1.82, 2.24) is 0 Å². The van der Waals surface area contributed by atoms with E-state index in [4.69, 9.17) is 0 Å². The number of nitrogens with zero attached hydrogens (tertiary/aromatic N) is 1. The van der Waals surface area contributed by atoms with Gasteiger partial charge >= 0.3 is 0 Å². The van der Waals surface area contributed by atoms with E-state index in [9.17, 15) is 9.90 Å². The first-order valence-electron chi connectivity index (χ1n) is 5.31. The Bertz CT molecular complexity index is 630. The summed E-state index contributed by atoms with van der Waals surface area (Å²) in [7, 11) is 0. The van der Waals surface area contributed by atoms with Gasteiger partial charge in [-0.3, -0.25) is 4.79 Å². The summed E-state index contributed by atoms with van der Waals surface area (Å²) in [4.78, 5) is 12.1. The normalized spacial score (nSPS) is 14.0. The SMILES string of the molecule is O=C1C([n+]2ccccc2)=C([O-])c2ccccc21. The van der Waals surface area contributed by atoms with Gasteiger partial charge in [0.2, 0.25) is 0 Å². The van der Waals surface area contributed by atoms with Gasteiger partial charge in [0.15, 0.2) is 12.4 Å². The van der Waals surface area contributed by atoms with Crippen LogP contribution in [-0.4, -0.2) is 5.78 Å². The molecule has 0 saturated carbocycles. The molecule has 3 rings (SSSR count). The summed E-state index contributed by atoms with van der Waals surface area (Å²) in [5, 5.41) is 12.1. The lowest BCUT2D eigenvalue weighted by Gasteiger charge is -2.06. The highest BCUT2D eigenvalue weighted by molar-refractivity contribution is 6.32. The van der Waals surface area contributed by atoms with E-state index in [2.05, 4.69) is 0 Å². The maximum absolute atomic E-state index is 12.1. The third-order valence-electron chi connectivity index (χ3n) is 2.82. The van der Waals surface area contributed by atoms with Crippen LogP contribution in [0.15, 0.2) is 54.9 Å². The zero-order valence-corrected chi connectivity index (χ0v) is 8.96. The maximum atomic E-state index is 12.1. The van der Waals surface area contributed by atoms with E-state index in [0.29, 0.717) is 11.1 Å². The quantitative estimate of drug-likeness (QED) is 0.673. The fourth-order valence-corrected chi connectivity index (χ4v) is 2.02. The molecule has 1 aromatic carbocycles. The van der Waals surface area contributed by atoms with Gasteiger partial charge in [-0.1, -0.05) is 30.3 Å². The van der Waals surface area contributed by atoms with E-state index >= 15 is 0 Å². The summed E-state index contributed by atoms with van der Waals surface area (Å²) >= 11 is 0. The molecule has 0 bridgehead atoms. The number of rotatable bonds is 1. The Morgan fingerprint density at radius 1 is 0.882 bits per heavy atom. The summed E-state index contributed by atoms with van der Waals surface area (Å²) in [6.45, 7) is 0. The molecule has 0 fully saturated rings. The lowest BCUT2D eigenvalue weighted by molar-refractivity contribution is -0.578. The van der Waals surface area contributed by atoms with Crippen LogP contribution in [0.3, 0.4) is 0 Å². The lowest BCUT2D eigenvalue weighted by atomic mass is 10.1. The Hall–Kier alpha value is -2.42. The topological polar surface area (TPSA) is 44.0 Å². The highest BCUT2D eigenvalue weighted by Crippen LogP contribution is 2.28. The van der Waals surface area contributed by atoms with Crippen LogP contribution in [0.2, 0.25) is 0 Å². The van der Waals surface area contributed by atoms with Crippen molar-refractivity contribution in [3.05, 3.63) is 66.0 Å². The summed E-state index contributed by atoms with van der Waals surface area (Å²) in [6, 6.07) is 12.3. The minimum Gasteiger partial charge on any atom is -0.867 e. The van der Waals surface area contributed by atoms with Crippen molar-refractivity contribution in [2.24, 2.45) is 0 Å². The van der Waals surface area contributed by atoms with Crippen molar-refractivity contribution >= 4 is 17.2 Å². The zero-order valence-electron chi connectivity index (χ0n) is 8.96. The number of pyridine rings is 1. The number of fused-ring (bicyclic) bond motifs is 1. The molecule has 1 heterocycles. The van der Waals surface area contributed by atoms with Gasteiger partial charge in [0.25, 0.3) is 11.5 Å². The molecule has 1 aliphatic carbocycles. The molecule has 1 aromatic heterocycles. The summed E-state index contributed by atoms with van der Waals surface area (Å²) in [6.07, 6.45) is 3.41. The van der Waals surface area contributed by atoms with E-state index in [1.165, 1.54) is 0 Å². The molecule has 3 nitrogen and oxygen atoms in total. The molecule has 0 saturated heterocycles. The van der Waals surface area contributed by atoms with Crippen LogP contribution in [0.25, 0.3) is 11.5 Å². The number of carbonyl (C=O) groups is 1. The van der Waals surface area contributed by atoms with Crippen molar-refractivity contribution in [3.8, 4) is 0 Å². The Kier molecular flexibility index (Phi) is 2.05. The van der Waals surface area contributed by atoms with Gasteiger partial charge in [0.05, 0.1) is 0 Å². The zero-order chi connectivity index (χ0) is 11.8. The van der Waals surface area contributed by atoms with Crippen molar-refractivity contribution in [1.29, 1.82) is 0 Å². The molecule has 0 spiro atoms. The van der Waals surface area contributed by atoms with Crippen LogP contribution in [0, 0.1) is 0 Å². The second-order valence-electron chi connectivity index (χ2n) is 3.84. The Balaban J connectivity index is 2.22. The second-order valence-corrected chi connectivity index (χ2v) is 3.84. The molecule has 0 N–H and O–H groups in total. The number of aromatic nitrogens is 1. The molecule has 1 aliphatic rings. The van der Waals surface area contributed by atoms with Crippen LogP contribution < -0.4 is 9.67 Å². The molecular weight excluding hydrogens is 214 g/mol. The summed E-state index contributed by atoms with van der Waals surface area (Å²) in [5.74, 6) is -0.413. The number of allylic oxidation sites excluding steroid dienone is 1. The van der Waals surface area contributed by atoms with Gasteiger partial charge in [0, 0.05) is 17.7 Å². The molecule has 2 aromatic rings. The van der Waals surface area contributed by atoms with E-state index in [1.807, 2.05) is 6.07 Å². The first-order valence-corrected chi connectivity index (χ1v) is 5.31. The smallest absolute Gasteiger partial charge is 0.257 e. The predicted octanol–water partition coefficient (Wildman–Crippen LogP) is 0.857. The largest absolute Gasteiger partial charge is 0.867 e. The number of hydrogen-bond acceptors (Lipinski definition) is 2. The van der Waals surface area contributed by atoms with Gasteiger partial charge in [0.1, 0.15) is 0 Å². The Morgan fingerprint density at radius 3 is 2.18 bits per heavy atom. The van der Waals surface area contributed by atoms with Crippen molar-refractivity contribution in [2.75, 3.05) is 0 Å². The number of hydrogen-bond donors (Lipinski definition) is 0. The molecular formula is C14H9NO2. The third kappa shape index (κ3) is 1.36. The number of carbonyl (C=O) groups excluding carboxylic acids is 1. The first-order chi connectivity index (χ1) is 8.29. The van der Waals surface area contributed by atoms with E-state index < -0.39 is 0 Å². The standard InChI is InChI=1S/C14H9NO2/c16-13-10-6-2-3-7-11(10)14(17)12(13)15-8-4-1-5-9-15/h1-9H. The van der Waals surface area contributed by atoms with Crippen LogP contribution in [0.1, 0.15) is 15.9 Å². The third-order valence-corrected chi connectivity index (χ3v) is 2.82. The summed E-state index contributed by atoms with van der Waals surface area (Å²) < 4.78 is 1.57. The van der Waals surface area contributed by atoms with E-state index in [1.54, 1.807) is 53.4 Å². The fourth-order valence-electron chi connectivity index (χ4n) is 2.02. The maximum Gasteiger partial charge on any atom is 0.257 e. The Morgan fingerprint density at radius 2 is 1.53 bits per heavy atom. The highest BCUT2D eigenvalue weighted by Gasteiger charge is 2.31. The van der Waals surface area contributed by atoms with Gasteiger partial charge < -0.3 is 5.11 Å². The van der Waals surface area contributed by atoms with Gasteiger partial charge in [-0.25, -0.2) is 0 Å². The average molecular weight is 223 g/mol. The lowest BCUT2D eigenvalue weighted by Crippen LogP contribution is -2.35. The van der Waals surface area contributed by atoms with Crippen molar-refractivity contribution in [3.63, 3.8) is 0 Å². The number of Topliss-reactive ketones (excluding diaryl/α,β-unsaturated/α-hetero) is 1. The molecule has 0 unspecified atom stereocenters. The molecule has 0 amide bonds. The minimum atomic E-state index is -0.207. The van der Waals surface area contributed by atoms with Gasteiger partial charge in [-0.2, -0.15) is 4.57 Å². The molecule has 82 valence electrons. The van der Waals surface area contributed by atoms with Gasteiger partial charge in [-0.15, -0.1) is 0 Å². The molecule has 0 radical (unpaired) electrons. The number of benzene rings is 1. The predicted molar refractivity (Wildman–Crippen MR) is 60.5 cm³/mol.